The fraction of sp³-hybridized carbons (Fsp3) is 0.278. The molecule has 1 aliphatic heterocycles. The Morgan fingerprint density at radius 1 is 1.09 bits per heavy atom. The molecule has 0 unspecified atom stereocenters. The van der Waals surface area contributed by atoms with Crippen LogP contribution in [0.15, 0.2) is 42.7 Å². The maximum Gasteiger partial charge on any atom is 0.257 e. The van der Waals surface area contributed by atoms with E-state index in [-0.39, 0.29) is 11.8 Å². The van der Waals surface area contributed by atoms with Gasteiger partial charge in [0.05, 0.1) is 11.1 Å². The number of likely N-dealkylation sites (tertiary alicyclic amines) is 1. The van der Waals surface area contributed by atoms with Crippen LogP contribution in [0.4, 0.5) is 5.69 Å². The molecule has 0 aliphatic carbocycles. The van der Waals surface area contributed by atoms with Crippen molar-refractivity contribution in [3.63, 3.8) is 0 Å². The Hall–Kier alpha value is -2.69. The second kappa shape index (κ2) is 6.60. The normalized spacial score (nSPS) is 13.9. The van der Waals surface area contributed by atoms with E-state index in [0.29, 0.717) is 11.1 Å². The van der Waals surface area contributed by atoms with Gasteiger partial charge in [0.25, 0.3) is 11.8 Å². The molecule has 0 saturated carbocycles. The summed E-state index contributed by atoms with van der Waals surface area (Å²) in [4.78, 5) is 30.6. The summed E-state index contributed by atoms with van der Waals surface area (Å²) in [5.74, 6) is -0.316. The first-order valence-electron chi connectivity index (χ1n) is 7.76. The molecule has 1 fully saturated rings. The van der Waals surface area contributed by atoms with Gasteiger partial charge in [0.15, 0.2) is 0 Å². The van der Waals surface area contributed by atoms with Gasteiger partial charge in [-0.15, -0.1) is 0 Å². The predicted molar refractivity (Wildman–Crippen MR) is 88.5 cm³/mol. The third kappa shape index (κ3) is 3.39. The number of aromatic nitrogens is 1. The van der Waals surface area contributed by atoms with Gasteiger partial charge in [-0.1, -0.05) is 18.2 Å². The molecule has 0 bridgehead atoms. The van der Waals surface area contributed by atoms with Gasteiger partial charge in [0.2, 0.25) is 0 Å². The van der Waals surface area contributed by atoms with E-state index >= 15 is 0 Å². The number of para-hydroxylation sites is 1. The number of carbonyl (C=O) groups excluding carboxylic acids is 2. The largest absolute Gasteiger partial charge is 0.339 e. The van der Waals surface area contributed by atoms with Crippen LogP contribution in [0.3, 0.4) is 0 Å². The summed E-state index contributed by atoms with van der Waals surface area (Å²) in [5.41, 5.74) is 2.59. The Morgan fingerprint density at radius 3 is 2.52 bits per heavy atom. The van der Waals surface area contributed by atoms with Gasteiger partial charge in [-0.2, -0.15) is 0 Å². The first-order chi connectivity index (χ1) is 11.1. The zero-order valence-electron chi connectivity index (χ0n) is 13.1. The number of amides is 2. The summed E-state index contributed by atoms with van der Waals surface area (Å²) in [6.07, 6.45) is 5.07. The summed E-state index contributed by atoms with van der Waals surface area (Å²) in [6, 6.07) is 9.18. The lowest BCUT2D eigenvalue weighted by atomic mass is 10.1. The average molecular weight is 309 g/mol. The van der Waals surface area contributed by atoms with Crippen LogP contribution in [0.1, 0.15) is 39.1 Å². The zero-order valence-corrected chi connectivity index (χ0v) is 13.1. The first-order valence-corrected chi connectivity index (χ1v) is 7.76. The highest BCUT2D eigenvalue weighted by Gasteiger charge is 2.20. The van der Waals surface area contributed by atoms with Crippen molar-refractivity contribution >= 4 is 17.5 Å². The van der Waals surface area contributed by atoms with Crippen molar-refractivity contribution in [2.45, 2.75) is 19.8 Å². The van der Waals surface area contributed by atoms with Gasteiger partial charge in [0.1, 0.15) is 0 Å². The molecule has 2 aromatic rings. The summed E-state index contributed by atoms with van der Waals surface area (Å²) >= 11 is 0. The standard InChI is InChI=1S/C18H19N3O2/c1-13-6-2-3-7-16(13)20-17(22)14-10-15(12-19-11-14)18(23)21-8-4-5-9-21/h2-3,6-7,10-12H,4-5,8-9H2,1H3,(H,20,22). The van der Waals surface area contributed by atoms with Crippen LogP contribution in [0.5, 0.6) is 0 Å². The number of pyridine rings is 1. The van der Waals surface area contributed by atoms with Crippen molar-refractivity contribution < 1.29 is 9.59 Å². The Balaban J connectivity index is 1.77. The molecule has 23 heavy (non-hydrogen) atoms. The van der Waals surface area contributed by atoms with Crippen LogP contribution >= 0.6 is 0 Å². The zero-order chi connectivity index (χ0) is 16.2. The molecule has 1 saturated heterocycles. The minimum Gasteiger partial charge on any atom is -0.339 e. The summed E-state index contributed by atoms with van der Waals surface area (Å²) in [7, 11) is 0. The van der Waals surface area contributed by atoms with E-state index in [2.05, 4.69) is 10.3 Å². The van der Waals surface area contributed by atoms with Crippen LogP contribution in [0.2, 0.25) is 0 Å². The van der Waals surface area contributed by atoms with Crippen LogP contribution in [-0.2, 0) is 0 Å². The first kappa shape index (κ1) is 15.2. The van der Waals surface area contributed by atoms with Crippen molar-refractivity contribution in [1.29, 1.82) is 0 Å². The minimum absolute atomic E-state index is 0.0551. The molecule has 118 valence electrons. The Bertz CT molecular complexity index is 737. The highest BCUT2D eigenvalue weighted by molar-refractivity contribution is 6.06. The lowest BCUT2D eigenvalue weighted by Crippen LogP contribution is -2.28. The van der Waals surface area contributed by atoms with Crippen molar-refractivity contribution in [2.24, 2.45) is 0 Å². The highest BCUT2D eigenvalue weighted by Crippen LogP contribution is 2.16. The van der Waals surface area contributed by atoms with Crippen LogP contribution in [0.25, 0.3) is 0 Å². The fourth-order valence-electron chi connectivity index (χ4n) is 2.69. The molecule has 2 amide bonds. The molecule has 2 heterocycles. The van der Waals surface area contributed by atoms with E-state index in [0.717, 1.165) is 37.2 Å². The van der Waals surface area contributed by atoms with Gasteiger partial charge < -0.3 is 10.2 Å². The molecule has 0 radical (unpaired) electrons. The number of hydrogen-bond acceptors (Lipinski definition) is 3. The van der Waals surface area contributed by atoms with E-state index in [1.165, 1.54) is 12.4 Å². The van der Waals surface area contributed by atoms with E-state index in [1.807, 2.05) is 31.2 Å². The predicted octanol–water partition coefficient (Wildman–Crippen LogP) is 2.88. The van der Waals surface area contributed by atoms with E-state index in [4.69, 9.17) is 0 Å². The summed E-state index contributed by atoms with van der Waals surface area (Å²) in [5, 5.41) is 2.86. The Kier molecular flexibility index (Phi) is 4.37. The molecular formula is C18H19N3O2. The number of hydrogen-bond donors (Lipinski definition) is 1. The molecule has 5 heteroatoms. The van der Waals surface area contributed by atoms with Crippen molar-refractivity contribution in [3.05, 3.63) is 59.4 Å². The van der Waals surface area contributed by atoms with E-state index < -0.39 is 0 Å². The third-order valence-electron chi connectivity index (χ3n) is 4.03. The van der Waals surface area contributed by atoms with E-state index in [1.54, 1.807) is 11.0 Å². The molecule has 0 atom stereocenters. The van der Waals surface area contributed by atoms with Gasteiger partial charge in [-0.05, 0) is 37.5 Å². The molecule has 0 spiro atoms. The fourth-order valence-corrected chi connectivity index (χ4v) is 2.69. The minimum atomic E-state index is -0.261. The molecule has 1 aromatic carbocycles. The number of benzene rings is 1. The Morgan fingerprint density at radius 2 is 1.78 bits per heavy atom. The smallest absolute Gasteiger partial charge is 0.257 e. The molecule has 1 aliphatic rings. The maximum absolute atomic E-state index is 12.4. The van der Waals surface area contributed by atoms with Crippen LogP contribution < -0.4 is 5.32 Å². The third-order valence-corrected chi connectivity index (χ3v) is 4.03. The van der Waals surface area contributed by atoms with Crippen molar-refractivity contribution in [3.8, 4) is 0 Å². The number of rotatable bonds is 3. The number of nitrogens with zero attached hydrogens (tertiary/aromatic N) is 2. The number of carbonyl (C=O) groups is 2. The Labute approximate surface area is 135 Å². The number of nitrogens with one attached hydrogen (secondary N) is 1. The molecule has 5 nitrogen and oxygen atoms in total. The maximum atomic E-state index is 12.4. The lowest BCUT2D eigenvalue weighted by molar-refractivity contribution is 0.0792. The average Bonchev–Trinajstić information content (AvgIpc) is 3.11. The van der Waals surface area contributed by atoms with Crippen molar-refractivity contribution in [2.75, 3.05) is 18.4 Å². The van der Waals surface area contributed by atoms with Crippen molar-refractivity contribution in [1.82, 2.24) is 9.88 Å². The van der Waals surface area contributed by atoms with E-state index in [9.17, 15) is 9.59 Å². The number of aryl methyl sites for hydroxylation is 1. The van der Waals surface area contributed by atoms with Gasteiger partial charge in [-0.25, -0.2) is 0 Å². The van der Waals surface area contributed by atoms with Gasteiger partial charge in [0, 0.05) is 31.2 Å². The quantitative estimate of drug-likeness (QED) is 0.948. The van der Waals surface area contributed by atoms with Crippen LogP contribution in [-0.4, -0.2) is 34.8 Å². The van der Waals surface area contributed by atoms with Gasteiger partial charge >= 0.3 is 0 Å². The molecule has 1 N–H and O–H groups in total. The molecule has 3 rings (SSSR count). The lowest BCUT2D eigenvalue weighted by Gasteiger charge is -2.15. The van der Waals surface area contributed by atoms with Gasteiger partial charge in [-0.3, -0.25) is 14.6 Å². The highest BCUT2D eigenvalue weighted by atomic mass is 16.2. The molecular weight excluding hydrogens is 290 g/mol. The summed E-state index contributed by atoms with van der Waals surface area (Å²) < 4.78 is 0. The van der Waals surface area contributed by atoms with Crippen LogP contribution in [0, 0.1) is 6.92 Å². The monoisotopic (exact) mass is 309 g/mol. The second-order valence-corrected chi connectivity index (χ2v) is 5.73. The second-order valence-electron chi connectivity index (χ2n) is 5.73. The topological polar surface area (TPSA) is 62.3 Å². The molecule has 1 aromatic heterocycles. The SMILES string of the molecule is Cc1ccccc1NC(=O)c1cncc(C(=O)N2CCCC2)c1. The number of anilines is 1. The summed E-state index contributed by atoms with van der Waals surface area (Å²) in [6.45, 7) is 3.48.